The highest BCUT2D eigenvalue weighted by Crippen LogP contribution is 1.93. The average molecular weight is 116 g/mol. The van der Waals surface area contributed by atoms with Gasteiger partial charge in [-0.15, -0.1) is 0 Å². The summed E-state index contributed by atoms with van der Waals surface area (Å²) in [4.78, 5) is 3.82. The van der Waals surface area contributed by atoms with E-state index in [0.717, 1.165) is 6.54 Å². The third-order valence-corrected chi connectivity index (χ3v) is 0.730. The first-order valence-electron chi connectivity index (χ1n) is 2.03. The maximum Gasteiger partial charge on any atom is 0.170 e. The summed E-state index contributed by atoms with van der Waals surface area (Å²) in [5.74, 6) is 0. The van der Waals surface area contributed by atoms with Crippen molar-refractivity contribution in [1.82, 2.24) is 0 Å². The van der Waals surface area contributed by atoms with E-state index < -0.39 is 0 Å². The summed E-state index contributed by atoms with van der Waals surface area (Å²) in [7, 11) is 0. The zero-order valence-corrected chi connectivity index (χ0v) is 5.06. The van der Waals surface area contributed by atoms with Crippen molar-refractivity contribution in [3.8, 4) is 0 Å². The Morgan fingerprint density at radius 2 is 2.57 bits per heavy atom. The molecule has 1 heterocycles. The lowest BCUT2D eigenvalue weighted by Crippen LogP contribution is -2.01. The second-order valence-corrected chi connectivity index (χ2v) is 1.42. The van der Waals surface area contributed by atoms with Gasteiger partial charge < -0.3 is 4.74 Å². The highest BCUT2D eigenvalue weighted by molar-refractivity contribution is 6.92. The lowest BCUT2D eigenvalue weighted by Gasteiger charge is -1.94. The van der Waals surface area contributed by atoms with Gasteiger partial charge in [-0.1, -0.05) is 0 Å². The van der Waals surface area contributed by atoms with E-state index in [9.17, 15) is 0 Å². The van der Waals surface area contributed by atoms with Gasteiger partial charge in [0.2, 0.25) is 0 Å². The SMILES string of the molecule is CC1CN=CO1.[P]. The molecule has 0 amide bonds. The van der Waals surface area contributed by atoms with Crippen molar-refractivity contribution in [2.45, 2.75) is 13.0 Å². The second kappa shape index (κ2) is 2.98. The van der Waals surface area contributed by atoms with Gasteiger partial charge in [-0.05, 0) is 6.92 Å². The Morgan fingerprint density at radius 1 is 1.86 bits per heavy atom. The van der Waals surface area contributed by atoms with Crippen LogP contribution in [0.3, 0.4) is 0 Å². The lowest BCUT2D eigenvalue weighted by molar-refractivity contribution is 0.256. The summed E-state index contributed by atoms with van der Waals surface area (Å²) in [6.07, 6.45) is 1.83. The third kappa shape index (κ3) is 1.88. The molecule has 0 aromatic heterocycles. The molecular formula is C4H7NOP. The van der Waals surface area contributed by atoms with E-state index >= 15 is 0 Å². The minimum atomic E-state index is 0. The number of hydrogen-bond donors (Lipinski definition) is 0. The molecule has 0 N–H and O–H groups in total. The number of nitrogens with zero attached hydrogens (tertiary/aromatic N) is 1. The Bertz CT molecular complexity index is 66.1. The van der Waals surface area contributed by atoms with Crippen LogP contribution in [0.4, 0.5) is 0 Å². The highest BCUT2D eigenvalue weighted by Gasteiger charge is 2.01. The van der Waals surface area contributed by atoms with Crippen molar-refractivity contribution in [1.29, 1.82) is 0 Å². The molecule has 0 fully saturated rings. The summed E-state index contributed by atoms with van der Waals surface area (Å²) in [5.41, 5.74) is 0. The highest BCUT2D eigenvalue weighted by atomic mass is 31.0. The first-order valence-corrected chi connectivity index (χ1v) is 2.03. The van der Waals surface area contributed by atoms with Crippen molar-refractivity contribution in [3.05, 3.63) is 0 Å². The Morgan fingerprint density at radius 3 is 2.71 bits per heavy atom. The third-order valence-electron chi connectivity index (χ3n) is 0.730. The molecule has 1 rings (SSSR count). The van der Waals surface area contributed by atoms with Gasteiger partial charge in [-0.2, -0.15) is 0 Å². The second-order valence-electron chi connectivity index (χ2n) is 1.42. The molecule has 2 nitrogen and oxygen atoms in total. The van der Waals surface area contributed by atoms with Crippen molar-refractivity contribution in [2.75, 3.05) is 6.54 Å². The number of hydrogen-bond acceptors (Lipinski definition) is 2. The van der Waals surface area contributed by atoms with Gasteiger partial charge in [0.25, 0.3) is 0 Å². The monoisotopic (exact) mass is 116 g/mol. The molecule has 0 saturated heterocycles. The summed E-state index contributed by atoms with van der Waals surface area (Å²) < 4.78 is 4.86. The van der Waals surface area contributed by atoms with E-state index in [-0.39, 0.29) is 9.90 Å². The molecule has 0 saturated carbocycles. The Hall–Kier alpha value is -0.100. The van der Waals surface area contributed by atoms with E-state index in [2.05, 4.69) is 4.99 Å². The predicted molar refractivity (Wildman–Crippen MR) is 30.8 cm³/mol. The summed E-state index contributed by atoms with van der Waals surface area (Å²) in [6.45, 7) is 2.83. The first-order chi connectivity index (χ1) is 2.89. The molecule has 0 spiro atoms. The van der Waals surface area contributed by atoms with E-state index in [4.69, 9.17) is 4.74 Å². The predicted octanol–water partition coefficient (Wildman–Crippen LogP) is 1.29. The fourth-order valence-corrected chi connectivity index (χ4v) is 0.381. The molecule has 39 valence electrons. The molecule has 0 aromatic carbocycles. The van der Waals surface area contributed by atoms with Gasteiger partial charge in [0.15, 0.2) is 6.40 Å². The van der Waals surface area contributed by atoms with Crippen molar-refractivity contribution in [2.24, 2.45) is 4.99 Å². The Labute approximate surface area is 46.6 Å². The molecule has 0 aromatic rings. The molecule has 1 aliphatic rings. The standard InChI is InChI=1S/C4H7NO.P/c1-4-2-5-3-6-4;/h3-4H,2H2,1H3;. The number of ether oxygens (including phenoxy) is 1. The largest absolute Gasteiger partial charge is 0.479 e. The van der Waals surface area contributed by atoms with Crippen LogP contribution in [-0.2, 0) is 4.74 Å². The van der Waals surface area contributed by atoms with Gasteiger partial charge in [0.1, 0.15) is 6.10 Å². The fraction of sp³-hybridized carbons (Fsp3) is 0.750. The van der Waals surface area contributed by atoms with Gasteiger partial charge in [-0.25, -0.2) is 0 Å². The summed E-state index contributed by atoms with van der Waals surface area (Å²) in [5, 5.41) is 0. The topological polar surface area (TPSA) is 21.6 Å². The number of aliphatic imine (C=N–C) groups is 1. The van der Waals surface area contributed by atoms with E-state index in [0.29, 0.717) is 6.10 Å². The van der Waals surface area contributed by atoms with Gasteiger partial charge in [0, 0.05) is 9.90 Å². The molecule has 0 bridgehead atoms. The van der Waals surface area contributed by atoms with Crippen LogP contribution >= 0.6 is 9.90 Å². The van der Waals surface area contributed by atoms with Gasteiger partial charge >= 0.3 is 0 Å². The van der Waals surface area contributed by atoms with Crippen LogP contribution in [0, 0.1) is 0 Å². The number of rotatable bonds is 0. The molecule has 1 atom stereocenters. The smallest absolute Gasteiger partial charge is 0.170 e. The van der Waals surface area contributed by atoms with Crippen LogP contribution < -0.4 is 0 Å². The fourth-order valence-electron chi connectivity index (χ4n) is 0.381. The molecule has 1 aliphatic heterocycles. The van der Waals surface area contributed by atoms with Crippen molar-refractivity contribution < 1.29 is 4.74 Å². The summed E-state index contributed by atoms with van der Waals surface area (Å²) in [6, 6.07) is 0. The van der Waals surface area contributed by atoms with Crippen molar-refractivity contribution >= 4 is 16.3 Å². The van der Waals surface area contributed by atoms with Gasteiger partial charge in [-0.3, -0.25) is 4.99 Å². The molecule has 0 aliphatic carbocycles. The van der Waals surface area contributed by atoms with Crippen LogP contribution in [0.1, 0.15) is 6.92 Å². The molecule has 1 unspecified atom stereocenters. The van der Waals surface area contributed by atoms with Gasteiger partial charge in [0.05, 0.1) is 6.54 Å². The lowest BCUT2D eigenvalue weighted by atomic mass is 10.4. The zero-order chi connectivity index (χ0) is 4.41. The van der Waals surface area contributed by atoms with E-state index in [1.54, 1.807) is 0 Å². The molecule has 3 heteroatoms. The quantitative estimate of drug-likeness (QED) is 0.437. The minimum Gasteiger partial charge on any atom is -0.479 e. The summed E-state index contributed by atoms with van der Waals surface area (Å²) >= 11 is 0. The Kier molecular flexibility index (Phi) is 2.93. The first kappa shape index (κ1) is 6.90. The molecule has 7 heavy (non-hydrogen) atoms. The zero-order valence-electron chi connectivity index (χ0n) is 4.16. The minimum absolute atomic E-state index is 0. The van der Waals surface area contributed by atoms with Crippen LogP contribution in [0.25, 0.3) is 0 Å². The van der Waals surface area contributed by atoms with E-state index in [1.165, 1.54) is 6.40 Å². The van der Waals surface area contributed by atoms with Crippen molar-refractivity contribution in [3.63, 3.8) is 0 Å². The molecular weight excluding hydrogens is 109 g/mol. The molecule has 3 radical (unpaired) electrons. The van der Waals surface area contributed by atoms with E-state index in [1.807, 2.05) is 6.92 Å². The average Bonchev–Trinajstić information content (AvgIpc) is 1.86. The Balaban J connectivity index is 0.000000360. The van der Waals surface area contributed by atoms with Crippen LogP contribution in [0.15, 0.2) is 4.99 Å². The maximum atomic E-state index is 4.86. The van der Waals surface area contributed by atoms with Crippen LogP contribution in [0.5, 0.6) is 0 Å². The normalized spacial score (nSPS) is 26.1. The maximum absolute atomic E-state index is 4.86. The van der Waals surface area contributed by atoms with Crippen LogP contribution in [0.2, 0.25) is 0 Å². The van der Waals surface area contributed by atoms with Crippen LogP contribution in [-0.4, -0.2) is 19.0 Å².